The highest BCUT2D eigenvalue weighted by Gasteiger charge is 2.30. The summed E-state index contributed by atoms with van der Waals surface area (Å²) in [5.74, 6) is 0.976. The first-order valence-corrected chi connectivity index (χ1v) is 8.24. The molecule has 5 nitrogen and oxygen atoms in total. The average Bonchev–Trinajstić information content (AvgIpc) is 2.56. The Morgan fingerprint density at radius 2 is 2.14 bits per heavy atom. The van der Waals surface area contributed by atoms with Gasteiger partial charge in [0.25, 0.3) is 0 Å². The summed E-state index contributed by atoms with van der Waals surface area (Å²) in [5, 5.41) is 0.572. The molecule has 2 fully saturated rings. The molecule has 120 valence electrons. The highest BCUT2D eigenvalue weighted by molar-refractivity contribution is 6.30. The van der Waals surface area contributed by atoms with Crippen molar-refractivity contribution in [2.24, 2.45) is 5.92 Å². The fraction of sp³-hybridized carbons (Fsp3) is 0.625. The van der Waals surface area contributed by atoms with Gasteiger partial charge in [-0.25, -0.2) is 0 Å². The number of amides is 1. The van der Waals surface area contributed by atoms with Crippen molar-refractivity contribution in [1.82, 2.24) is 9.88 Å². The number of carbonyl (C=O) groups excluding carboxylic acids is 1. The predicted molar refractivity (Wildman–Crippen MR) is 83.0 cm³/mol. The molecular formula is C16H21ClN2O3. The summed E-state index contributed by atoms with van der Waals surface area (Å²) in [6.07, 6.45) is 6.98. The van der Waals surface area contributed by atoms with Gasteiger partial charge in [0.15, 0.2) is 0 Å². The molecule has 2 aliphatic rings. The van der Waals surface area contributed by atoms with E-state index in [1.54, 1.807) is 18.5 Å². The van der Waals surface area contributed by atoms with Crippen molar-refractivity contribution in [1.29, 1.82) is 0 Å². The lowest BCUT2D eigenvalue weighted by molar-refractivity contribution is -0.141. The third kappa shape index (κ3) is 3.90. The van der Waals surface area contributed by atoms with Crippen LogP contribution in [0.3, 0.4) is 0 Å². The van der Waals surface area contributed by atoms with Gasteiger partial charge in [0.1, 0.15) is 11.9 Å². The molecule has 0 saturated carbocycles. The Kier molecular flexibility index (Phi) is 5.16. The molecule has 0 aliphatic carbocycles. The fourth-order valence-corrected chi connectivity index (χ4v) is 3.20. The zero-order chi connectivity index (χ0) is 15.4. The highest BCUT2D eigenvalue weighted by Crippen LogP contribution is 2.23. The van der Waals surface area contributed by atoms with Crippen molar-refractivity contribution in [3.05, 3.63) is 23.5 Å². The third-order valence-corrected chi connectivity index (χ3v) is 4.45. The fourth-order valence-electron chi connectivity index (χ4n) is 3.04. The number of aromatic nitrogens is 1. The number of likely N-dealkylation sites (tertiary alicyclic amines) is 1. The van der Waals surface area contributed by atoms with Crippen LogP contribution in [-0.2, 0) is 9.53 Å². The number of ether oxygens (including phenoxy) is 2. The van der Waals surface area contributed by atoms with Crippen LogP contribution in [0.1, 0.15) is 25.7 Å². The van der Waals surface area contributed by atoms with Crippen LogP contribution < -0.4 is 4.74 Å². The first kappa shape index (κ1) is 15.6. The maximum atomic E-state index is 12.4. The van der Waals surface area contributed by atoms with E-state index >= 15 is 0 Å². The second-order valence-corrected chi connectivity index (χ2v) is 6.33. The van der Waals surface area contributed by atoms with Crippen molar-refractivity contribution < 1.29 is 14.3 Å². The van der Waals surface area contributed by atoms with Crippen molar-refractivity contribution in [3.63, 3.8) is 0 Å². The number of pyridine rings is 1. The van der Waals surface area contributed by atoms with Crippen LogP contribution in [0.25, 0.3) is 0 Å². The highest BCUT2D eigenvalue weighted by atomic mass is 35.5. The largest absolute Gasteiger partial charge is 0.489 e. The van der Waals surface area contributed by atoms with Gasteiger partial charge in [0, 0.05) is 44.8 Å². The average molecular weight is 325 g/mol. The monoisotopic (exact) mass is 324 g/mol. The summed E-state index contributed by atoms with van der Waals surface area (Å²) in [6.45, 7) is 2.85. The molecule has 0 aromatic carbocycles. The molecule has 0 unspecified atom stereocenters. The van der Waals surface area contributed by atoms with Gasteiger partial charge in [-0.05, 0) is 12.8 Å². The number of rotatable bonds is 3. The van der Waals surface area contributed by atoms with E-state index < -0.39 is 0 Å². The summed E-state index contributed by atoms with van der Waals surface area (Å²) >= 11 is 5.91. The molecule has 0 N–H and O–H groups in total. The van der Waals surface area contributed by atoms with E-state index in [0.717, 1.165) is 45.4 Å². The summed E-state index contributed by atoms with van der Waals surface area (Å²) < 4.78 is 11.3. The topological polar surface area (TPSA) is 51.7 Å². The molecule has 1 atom stereocenters. The first-order chi connectivity index (χ1) is 10.7. The lowest BCUT2D eigenvalue weighted by Crippen LogP contribution is -2.45. The van der Waals surface area contributed by atoms with Crippen LogP contribution in [0.2, 0.25) is 5.02 Å². The third-order valence-electron chi connectivity index (χ3n) is 4.25. The number of hydrogen-bond acceptors (Lipinski definition) is 4. The minimum absolute atomic E-state index is 0.0448. The molecule has 0 bridgehead atoms. The van der Waals surface area contributed by atoms with Crippen molar-refractivity contribution in [3.8, 4) is 5.75 Å². The molecule has 1 aromatic rings. The quantitative estimate of drug-likeness (QED) is 0.857. The van der Waals surface area contributed by atoms with E-state index in [1.165, 1.54) is 0 Å². The zero-order valence-corrected chi connectivity index (χ0v) is 13.3. The molecular weight excluding hydrogens is 304 g/mol. The van der Waals surface area contributed by atoms with Gasteiger partial charge in [-0.2, -0.15) is 0 Å². The van der Waals surface area contributed by atoms with Crippen LogP contribution in [-0.4, -0.2) is 48.2 Å². The number of halogens is 1. The molecule has 2 aliphatic heterocycles. The Balaban J connectivity index is 1.48. The van der Waals surface area contributed by atoms with Crippen molar-refractivity contribution in [2.45, 2.75) is 31.8 Å². The Labute approximate surface area is 135 Å². The molecule has 1 aromatic heterocycles. The molecule has 3 heterocycles. The van der Waals surface area contributed by atoms with Crippen molar-refractivity contribution >= 4 is 17.5 Å². The lowest BCUT2D eigenvalue weighted by atomic mass is 9.98. The molecule has 22 heavy (non-hydrogen) atoms. The molecule has 1 amide bonds. The minimum atomic E-state index is 0.0448. The summed E-state index contributed by atoms with van der Waals surface area (Å²) in [6, 6.07) is 1.77. The van der Waals surface area contributed by atoms with Crippen LogP contribution >= 0.6 is 11.6 Å². The van der Waals surface area contributed by atoms with Crippen LogP contribution in [0.4, 0.5) is 0 Å². The van der Waals surface area contributed by atoms with E-state index in [9.17, 15) is 4.79 Å². The molecule has 6 heteroatoms. The number of carbonyl (C=O) groups is 1. The first-order valence-electron chi connectivity index (χ1n) is 7.86. The van der Waals surface area contributed by atoms with E-state index in [2.05, 4.69) is 4.98 Å². The molecule has 3 rings (SSSR count). The van der Waals surface area contributed by atoms with E-state index in [4.69, 9.17) is 21.1 Å². The molecule has 2 saturated heterocycles. The van der Waals surface area contributed by atoms with Gasteiger partial charge in [-0.3, -0.25) is 9.78 Å². The van der Waals surface area contributed by atoms with E-state index in [0.29, 0.717) is 17.4 Å². The number of nitrogens with zero attached hydrogens (tertiary/aromatic N) is 2. The van der Waals surface area contributed by atoms with Gasteiger partial charge in [-0.1, -0.05) is 11.6 Å². The van der Waals surface area contributed by atoms with Gasteiger partial charge in [0.2, 0.25) is 5.91 Å². The van der Waals surface area contributed by atoms with Gasteiger partial charge in [0.05, 0.1) is 23.7 Å². The Hall–Kier alpha value is -1.33. The maximum absolute atomic E-state index is 12.4. The van der Waals surface area contributed by atoms with E-state index in [-0.39, 0.29) is 17.9 Å². The smallest absolute Gasteiger partial charge is 0.228 e. The van der Waals surface area contributed by atoms with Gasteiger partial charge >= 0.3 is 0 Å². The summed E-state index contributed by atoms with van der Waals surface area (Å²) in [5.41, 5.74) is 0. The van der Waals surface area contributed by atoms with Crippen LogP contribution in [0, 0.1) is 5.92 Å². The van der Waals surface area contributed by atoms with Crippen LogP contribution in [0.15, 0.2) is 18.5 Å². The van der Waals surface area contributed by atoms with Gasteiger partial charge < -0.3 is 14.4 Å². The number of piperidine rings is 1. The summed E-state index contributed by atoms with van der Waals surface area (Å²) in [7, 11) is 0. The Morgan fingerprint density at radius 1 is 1.32 bits per heavy atom. The SMILES string of the molecule is O=C([C@H]1CCCOC1)N1CCC(Oc2cncc(Cl)c2)CC1. The maximum Gasteiger partial charge on any atom is 0.228 e. The van der Waals surface area contributed by atoms with Crippen LogP contribution in [0.5, 0.6) is 5.75 Å². The van der Waals surface area contributed by atoms with Crippen molar-refractivity contribution in [2.75, 3.05) is 26.3 Å². The minimum Gasteiger partial charge on any atom is -0.489 e. The Morgan fingerprint density at radius 3 is 2.82 bits per heavy atom. The number of hydrogen-bond donors (Lipinski definition) is 0. The lowest BCUT2D eigenvalue weighted by Gasteiger charge is -2.35. The standard InChI is InChI=1S/C16H21ClN2O3/c17-13-8-15(10-18-9-13)22-14-3-5-19(6-4-14)16(20)12-2-1-7-21-11-12/h8-10,12,14H,1-7,11H2/t12-/m0/s1. The second kappa shape index (κ2) is 7.29. The second-order valence-electron chi connectivity index (χ2n) is 5.90. The molecule has 0 spiro atoms. The molecule has 0 radical (unpaired) electrons. The van der Waals surface area contributed by atoms with E-state index in [1.807, 2.05) is 4.90 Å². The normalized spacial score (nSPS) is 23.3. The Bertz CT molecular complexity index is 512. The van der Waals surface area contributed by atoms with Gasteiger partial charge in [-0.15, -0.1) is 0 Å². The zero-order valence-electron chi connectivity index (χ0n) is 12.5. The summed E-state index contributed by atoms with van der Waals surface area (Å²) in [4.78, 5) is 18.4. The predicted octanol–water partition coefficient (Wildman–Crippen LogP) is 2.53.